The van der Waals surface area contributed by atoms with Gasteiger partial charge in [-0.25, -0.2) is 4.98 Å². The van der Waals surface area contributed by atoms with Gasteiger partial charge in [-0.3, -0.25) is 9.78 Å². The summed E-state index contributed by atoms with van der Waals surface area (Å²) >= 11 is 12.1. The van der Waals surface area contributed by atoms with Gasteiger partial charge in [0, 0.05) is 33.8 Å². The van der Waals surface area contributed by atoms with Crippen LogP contribution in [0, 0.1) is 0 Å². The number of carbonyl (C=O) groups excluding carboxylic acids is 1. The molecule has 0 spiro atoms. The van der Waals surface area contributed by atoms with E-state index in [1.54, 1.807) is 24.3 Å². The van der Waals surface area contributed by atoms with Gasteiger partial charge in [-0.05, 0) is 43.7 Å². The molecule has 0 bridgehead atoms. The molecule has 1 amide bonds. The molecule has 0 saturated carbocycles. The first-order chi connectivity index (χ1) is 14.1. The average Bonchev–Trinajstić information content (AvgIpc) is 2.75. The van der Waals surface area contributed by atoms with Gasteiger partial charge in [-0.2, -0.15) is 0 Å². The number of nitrogens with zero attached hydrogens (tertiary/aromatic N) is 2. The highest BCUT2D eigenvalue weighted by Crippen LogP contribution is 2.30. The highest BCUT2D eigenvalue weighted by atomic mass is 35.5. The highest BCUT2D eigenvalue weighted by Gasteiger charge is 2.20. The molecular formula is C22H21Cl3N4O. The van der Waals surface area contributed by atoms with E-state index in [9.17, 15) is 4.79 Å². The maximum absolute atomic E-state index is 12.8. The third-order valence-corrected chi connectivity index (χ3v) is 5.38. The van der Waals surface area contributed by atoms with Crippen molar-refractivity contribution in [1.82, 2.24) is 20.6 Å². The summed E-state index contributed by atoms with van der Waals surface area (Å²) in [5, 5.41) is 7.62. The first-order valence-corrected chi connectivity index (χ1v) is 10.3. The van der Waals surface area contributed by atoms with Crippen LogP contribution in [-0.4, -0.2) is 35.0 Å². The molecule has 3 aromatic rings. The van der Waals surface area contributed by atoms with E-state index in [1.807, 2.05) is 24.3 Å². The molecule has 1 aromatic heterocycles. The Balaban J connectivity index is 0.00000256. The Kier molecular flexibility index (Phi) is 7.67. The van der Waals surface area contributed by atoms with Gasteiger partial charge in [0.05, 0.1) is 17.6 Å². The van der Waals surface area contributed by atoms with Gasteiger partial charge < -0.3 is 10.6 Å². The predicted molar refractivity (Wildman–Crippen MR) is 124 cm³/mol. The second-order valence-corrected chi connectivity index (χ2v) is 7.86. The number of carbonyl (C=O) groups is 1. The quantitative estimate of drug-likeness (QED) is 0.570. The molecule has 8 heteroatoms. The third kappa shape index (κ3) is 5.29. The van der Waals surface area contributed by atoms with Crippen LogP contribution >= 0.6 is 35.6 Å². The maximum Gasteiger partial charge on any atom is 0.271 e. The molecule has 2 aromatic carbocycles. The van der Waals surface area contributed by atoms with E-state index in [-0.39, 0.29) is 24.4 Å². The SMILES string of the molecule is Cl.O=C(NC1CCCNC1)c1cnc(-c2ccc(Cl)cc2)c(-c2ccc(Cl)cc2)n1. The van der Waals surface area contributed by atoms with Crippen molar-refractivity contribution in [3.05, 3.63) is 70.5 Å². The largest absolute Gasteiger partial charge is 0.347 e. The molecule has 2 N–H and O–H groups in total. The summed E-state index contributed by atoms with van der Waals surface area (Å²) in [7, 11) is 0. The van der Waals surface area contributed by atoms with Gasteiger partial charge in [-0.15, -0.1) is 12.4 Å². The van der Waals surface area contributed by atoms with Gasteiger partial charge in [0.25, 0.3) is 5.91 Å². The fourth-order valence-corrected chi connectivity index (χ4v) is 3.61. The molecule has 156 valence electrons. The highest BCUT2D eigenvalue weighted by molar-refractivity contribution is 6.31. The number of halogens is 3. The number of amides is 1. The molecule has 0 aliphatic carbocycles. The lowest BCUT2D eigenvalue weighted by Gasteiger charge is -2.23. The van der Waals surface area contributed by atoms with Crippen molar-refractivity contribution in [2.75, 3.05) is 13.1 Å². The normalized spacial score (nSPS) is 15.9. The smallest absolute Gasteiger partial charge is 0.271 e. The molecule has 5 nitrogen and oxygen atoms in total. The van der Waals surface area contributed by atoms with E-state index in [0.717, 1.165) is 37.1 Å². The fourth-order valence-electron chi connectivity index (χ4n) is 3.36. The molecule has 30 heavy (non-hydrogen) atoms. The third-order valence-electron chi connectivity index (χ3n) is 4.87. The molecule has 2 heterocycles. The molecule has 1 fully saturated rings. The number of benzene rings is 2. The van der Waals surface area contributed by atoms with Gasteiger partial charge in [0.15, 0.2) is 0 Å². The van der Waals surface area contributed by atoms with Crippen LogP contribution in [0.15, 0.2) is 54.7 Å². The van der Waals surface area contributed by atoms with Crippen LogP contribution in [0.3, 0.4) is 0 Å². The van der Waals surface area contributed by atoms with Crippen LogP contribution in [0.1, 0.15) is 23.3 Å². The van der Waals surface area contributed by atoms with E-state index in [1.165, 1.54) is 6.20 Å². The van der Waals surface area contributed by atoms with Crippen molar-refractivity contribution in [1.29, 1.82) is 0 Å². The minimum Gasteiger partial charge on any atom is -0.347 e. The molecular weight excluding hydrogens is 443 g/mol. The summed E-state index contributed by atoms with van der Waals surface area (Å²) in [6.07, 6.45) is 3.52. The van der Waals surface area contributed by atoms with Crippen molar-refractivity contribution in [2.24, 2.45) is 0 Å². The number of aromatic nitrogens is 2. The monoisotopic (exact) mass is 462 g/mol. The second kappa shape index (κ2) is 10.2. The zero-order valence-electron chi connectivity index (χ0n) is 16.1. The first kappa shape index (κ1) is 22.5. The summed E-state index contributed by atoms with van der Waals surface area (Å²) in [6.45, 7) is 1.76. The molecule has 1 atom stereocenters. The van der Waals surface area contributed by atoms with E-state index in [0.29, 0.717) is 27.1 Å². The number of nitrogens with one attached hydrogen (secondary N) is 2. The van der Waals surface area contributed by atoms with Crippen LogP contribution < -0.4 is 10.6 Å². The lowest BCUT2D eigenvalue weighted by atomic mass is 10.0. The summed E-state index contributed by atoms with van der Waals surface area (Å²) in [5.74, 6) is -0.218. The molecule has 1 aliphatic heterocycles. The Hall–Kier alpha value is -2.18. The summed E-state index contributed by atoms with van der Waals surface area (Å²) < 4.78 is 0. The minimum absolute atomic E-state index is 0. The van der Waals surface area contributed by atoms with Crippen LogP contribution in [0.4, 0.5) is 0 Å². The van der Waals surface area contributed by atoms with Gasteiger partial charge in [0.2, 0.25) is 0 Å². The van der Waals surface area contributed by atoms with Gasteiger partial charge in [-0.1, -0.05) is 47.5 Å². The topological polar surface area (TPSA) is 66.9 Å². The molecule has 4 rings (SSSR count). The van der Waals surface area contributed by atoms with E-state index in [4.69, 9.17) is 23.2 Å². The summed E-state index contributed by atoms with van der Waals surface area (Å²) in [6, 6.07) is 14.8. The van der Waals surface area contributed by atoms with Crippen LogP contribution in [0.2, 0.25) is 10.0 Å². The Labute approximate surface area is 191 Å². The van der Waals surface area contributed by atoms with Crippen LogP contribution in [0.5, 0.6) is 0 Å². The lowest BCUT2D eigenvalue weighted by Crippen LogP contribution is -2.45. The van der Waals surface area contributed by atoms with E-state index in [2.05, 4.69) is 20.6 Å². The minimum atomic E-state index is -0.218. The van der Waals surface area contributed by atoms with Crippen LogP contribution in [0.25, 0.3) is 22.5 Å². The summed E-state index contributed by atoms with van der Waals surface area (Å²) in [4.78, 5) is 22.0. The Morgan fingerprint density at radius 2 is 1.57 bits per heavy atom. The van der Waals surface area contributed by atoms with Crippen molar-refractivity contribution in [3.63, 3.8) is 0 Å². The van der Waals surface area contributed by atoms with Crippen molar-refractivity contribution in [2.45, 2.75) is 18.9 Å². The van der Waals surface area contributed by atoms with E-state index < -0.39 is 0 Å². The zero-order chi connectivity index (χ0) is 20.2. The Morgan fingerprint density at radius 1 is 0.967 bits per heavy atom. The van der Waals surface area contributed by atoms with Crippen LogP contribution in [-0.2, 0) is 0 Å². The average molecular weight is 464 g/mol. The predicted octanol–water partition coefficient (Wildman–Crippen LogP) is 5.02. The molecule has 0 radical (unpaired) electrons. The lowest BCUT2D eigenvalue weighted by molar-refractivity contribution is 0.0925. The molecule has 1 saturated heterocycles. The first-order valence-electron chi connectivity index (χ1n) is 9.50. The Morgan fingerprint density at radius 3 is 2.13 bits per heavy atom. The van der Waals surface area contributed by atoms with Crippen molar-refractivity contribution >= 4 is 41.5 Å². The number of piperidine rings is 1. The number of hydrogen-bond donors (Lipinski definition) is 2. The Bertz CT molecular complexity index is 1000. The number of rotatable bonds is 4. The standard InChI is InChI=1S/C22H20Cl2N4O.ClH/c23-16-7-3-14(4-8-16)20-21(15-5-9-17(24)10-6-15)28-19(13-26-20)22(29)27-18-2-1-11-25-12-18;/h3-10,13,18,25H,1-2,11-12H2,(H,27,29);1H. The molecule has 1 aliphatic rings. The fraction of sp³-hybridized carbons (Fsp3) is 0.227. The van der Waals surface area contributed by atoms with E-state index >= 15 is 0 Å². The maximum atomic E-state index is 12.8. The second-order valence-electron chi connectivity index (χ2n) is 6.98. The van der Waals surface area contributed by atoms with Crippen molar-refractivity contribution in [3.8, 4) is 22.5 Å². The number of hydrogen-bond acceptors (Lipinski definition) is 4. The molecule has 1 unspecified atom stereocenters. The summed E-state index contributed by atoms with van der Waals surface area (Å²) in [5.41, 5.74) is 3.30. The zero-order valence-corrected chi connectivity index (χ0v) is 18.4. The van der Waals surface area contributed by atoms with Gasteiger partial charge in [0.1, 0.15) is 5.69 Å². The van der Waals surface area contributed by atoms with Gasteiger partial charge >= 0.3 is 0 Å². The van der Waals surface area contributed by atoms with Crippen molar-refractivity contribution < 1.29 is 4.79 Å².